The van der Waals surface area contributed by atoms with Crippen molar-refractivity contribution in [2.75, 3.05) is 19.5 Å². The fourth-order valence-corrected chi connectivity index (χ4v) is 2.79. The van der Waals surface area contributed by atoms with Crippen LogP contribution in [-0.4, -0.2) is 40.1 Å². The molecule has 0 atom stereocenters. The lowest BCUT2D eigenvalue weighted by molar-refractivity contribution is -0.133. The third kappa shape index (κ3) is 3.52. The fraction of sp³-hybridized carbons (Fsp3) is 0.429. The molecule has 0 spiro atoms. The second-order valence-electron chi connectivity index (χ2n) is 4.57. The molecule has 0 aliphatic carbocycles. The molecule has 0 aliphatic rings. The Labute approximate surface area is 121 Å². The van der Waals surface area contributed by atoms with E-state index in [-0.39, 0.29) is 5.75 Å². The molecule has 0 fully saturated rings. The Morgan fingerprint density at radius 3 is 3.00 bits per heavy atom. The average molecular weight is 294 g/mol. The van der Waals surface area contributed by atoms with Crippen molar-refractivity contribution in [1.29, 1.82) is 0 Å². The first kappa shape index (κ1) is 14.9. The highest BCUT2D eigenvalue weighted by Gasteiger charge is 2.12. The quantitative estimate of drug-likeness (QED) is 0.628. The number of aliphatic carboxylic acids is 1. The van der Waals surface area contributed by atoms with E-state index in [1.807, 2.05) is 19.1 Å². The van der Waals surface area contributed by atoms with Gasteiger partial charge in [-0.05, 0) is 31.0 Å². The maximum atomic E-state index is 10.7. The van der Waals surface area contributed by atoms with Gasteiger partial charge in [0.25, 0.3) is 0 Å². The minimum atomic E-state index is -0.832. The van der Waals surface area contributed by atoms with Gasteiger partial charge >= 0.3 is 5.97 Å². The van der Waals surface area contributed by atoms with Crippen LogP contribution in [0.5, 0.6) is 0 Å². The number of thioether (sulfide) groups is 1. The van der Waals surface area contributed by atoms with E-state index < -0.39 is 5.97 Å². The number of carbonyl (C=O) groups is 1. The SMILES string of the molecule is COCCCn1c(SCC(=O)O)nc2ccc(C)cc21. The molecule has 20 heavy (non-hydrogen) atoms. The van der Waals surface area contributed by atoms with Crippen molar-refractivity contribution in [2.45, 2.75) is 25.0 Å². The lowest BCUT2D eigenvalue weighted by Crippen LogP contribution is -2.05. The molecule has 0 saturated heterocycles. The highest BCUT2D eigenvalue weighted by atomic mass is 32.2. The summed E-state index contributed by atoms with van der Waals surface area (Å²) in [4.78, 5) is 15.3. The molecule has 108 valence electrons. The van der Waals surface area contributed by atoms with E-state index in [9.17, 15) is 4.79 Å². The molecular formula is C14H18N2O3S. The first-order valence-electron chi connectivity index (χ1n) is 6.42. The van der Waals surface area contributed by atoms with Gasteiger partial charge in [-0.3, -0.25) is 4.79 Å². The second kappa shape index (κ2) is 6.76. The zero-order valence-electron chi connectivity index (χ0n) is 11.6. The average Bonchev–Trinajstić information content (AvgIpc) is 2.74. The van der Waals surface area contributed by atoms with Crippen LogP contribution in [0.2, 0.25) is 0 Å². The molecule has 6 heteroatoms. The third-order valence-electron chi connectivity index (χ3n) is 2.92. The highest BCUT2D eigenvalue weighted by Crippen LogP contribution is 2.25. The van der Waals surface area contributed by atoms with Gasteiger partial charge in [-0.2, -0.15) is 0 Å². The lowest BCUT2D eigenvalue weighted by atomic mass is 10.2. The maximum Gasteiger partial charge on any atom is 0.313 e. The lowest BCUT2D eigenvalue weighted by Gasteiger charge is -2.08. The molecule has 0 radical (unpaired) electrons. The Morgan fingerprint density at radius 2 is 2.30 bits per heavy atom. The van der Waals surface area contributed by atoms with E-state index in [4.69, 9.17) is 9.84 Å². The molecule has 0 aliphatic heterocycles. The van der Waals surface area contributed by atoms with Gasteiger partial charge in [0.2, 0.25) is 0 Å². The summed E-state index contributed by atoms with van der Waals surface area (Å²) in [6.07, 6.45) is 0.872. The largest absolute Gasteiger partial charge is 0.481 e. The van der Waals surface area contributed by atoms with E-state index in [1.54, 1.807) is 7.11 Å². The molecule has 0 amide bonds. The predicted molar refractivity (Wildman–Crippen MR) is 79.3 cm³/mol. The number of aryl methyl sites for hydroxylation is 2. The van der Waals surface area contributed by atoms with Gasteiger partial charge < -0.3 is 14.4 Å². The van der Waals surface area contributed by atoms with E-state index in [0.29, 0.717) is 6.61 Å². The van der Waals surface area contributed by atoms with Crippen molar-refractivity contribution < 1.29 is 14.6 Å². The number of hydrogen-bond acceptors (Lipinski definition) is 4. The zero-order chi connectivity index (χ0) is 14.5. The summed E-state index contributed by atoms with van der Waals surface area (Å²) in [5.41, 5.74) is 3.12. The molecule has 1 heterocycles. The number of methoxy groups -OCH3 is 1. The molecule has 1 N–H and O–H groups in total. The van der Waals surface area contributed by atoms with Gasteiger partial charge in [0, 0.05) is 20.3 Å². The number of benzene rings is 1. The van der Waals surface area contributed by atoms with Crippen LogP contribution in [0, 0.1) is 6.92 Å². The van der Waals surface area contributed by atoms with Crippen LogP contribution in [0.25, 0.3) is 11.0 Å². The standard InChI is InChI=1S/C14H18N2O3S/c1-10-4-5-11-12(8-10)16(6-3-7-19-2)14(15-11)20-9-13(17)18/h4-5,8H,3,6-7,9H2,1-2H3,(H,17,18). The zero-order valence-corrected chi connectivity index (χ0v) is 12.4. The topological polar surface area (TPSA) is 64.3 Å². The third-order valence-corrected chi connectivity index (χ3v) is 3.88. The van der Waals surface area contributed by atoms with Crippen molar-refractivity contribution in [2.24, 2.45) is 0 Å². The van der Waals surface area contributed by atoms with E-state index in [1.165, 1.54) is 17.3 Å². The maximum absolute atomic E-state index is 10.7. The summed E-state index contributed by atoms with van der Waals surface area (Å²) >= 11 is 1.26. The van der Waals surface area contributed by atoms with Crippen molar-refractivity contribution in [3.63, 3.8) is 0 Å². The van der Waals surface area contributed by atoms with Gasteiger partial charge in [-0.1, -0.05) is 17.8 Å². The minimum absolute atomic E-state index is 0.0204. The number of carboxylic acid groups (broad SMARTS) is 1. The van der Waals surface area contributed by atoms with Crippen molar-refractivity contribution in [3.8, 4) is 0 Å². The molecule has 2 rings (SSSR count). The van der Waals surface area contributed by atoms with Crippen LogP contribution < -0.4 is 0 Å². The number of rotatable bonds is 7. The Hall–Kier alpha value is -1.53. The van der Waals surface area contributed by atoms with Crippen LogP contribution in [0.3, 0.4) is 0 Å². The van der Waals surface area contributed by atoms with E-state index in [0.717, 1.165) is 29.2 Å². The molecule has 0 bridgehead atoms. The molecule has 2 aromatic rings. The number of imidazole rings is 1. The van der Waals surface area contributed by atoms with Crippen molar-refractivity contribution in [1.82, 2.24) is 9.55 Å². The first-order valence-corrected chi connectivity index (χ1v) is 7.41. The molecule has 1 aromatic heterocycles. The Morgan fingerprint density at radius 1 is 1.50 bits per heavy atom. The van der Waals surface area contributed by atoms with Gasteiger partial charge in [-0.25, -0.2) is 4.98 Å². The normalized spacial score (nSPS) is 11.1. The molecule has 1 aromatic carbocycles. The summed E-state index contributed by atoms with van der Waals surface area (Å²) in [5.74, 6) is -0.811. The van der Waals surface area contributed by atoms with E-state index >= 15 is 0 Å². The molecule has 0 unspecified atom stereocenters. The van der Waals surface area contributed by atoms with Crippen molar-refractivity contribution >= 4 is 28.8 Å². The first-order chi connectivity index (χ1) is 9.61. The van der Waals surface area contributed by atoms with Crippen LogP contribution in [-0.2, 0) is 16.1 Å². The van der Waals surface area contributed by atoms with Gasteiger partial charge in [0.1, 0.15) is 0 Å². The smallest absolute Gasteiger partial charge is 0.313 e. The van der Waals surface area contributed by atoms with Crippen LogP contribution >= 0.6 is 11.8 Å². The fourth-order valence-electron chi connectivity index (χ4n) is 2.03. The summed E-state index contributed by atoms with van der Waals surface area (Å²) in [6, 6.07) is 6.07. The Bertz CT molecular complexity index is 610. The Balaban J connectivity index is 2.32. The molecule has 0 saturated carbocycles. The van der Waals surface area contributed by atoms with Crippen LogP contribution in [0.15, 0.2) is 23.4 Å². The number of aromatic nitrogens is 2. The van der Waals surface area contributed by atoms with Gasteiger partial charge in [0.05, 0.1) is 16.8 Å². The Kier molecular flexibility index (Phi) is 5.03. The molecular weight excluding hydrogens is 276 g/mol. The van der Waals surface area contributed by atoms with E-state index in [2.05, 4.69) is 15.6 Å². The summed E-state index contributed by atoms with van der Waals surface area (Å²) in [6.45, 7) is 3.49. The minimum Gasteiger partial charge on any atom is -0.481 e. The number of ether oxygens (including phenoxy) is 1. The summed E-state index contributed by atoms with van der Waals surface area (Å²) in [7, 11) is 1.68. The van der Waals surface area contributed by atoms with Crippen molar-refractivity contribution in [3.05, 3.63) is 23.8 Å². The summed E-state index contributed by atoms with van der Waals surface area (Å²) in [5, 5.41) is 9.57. The van der Waals surface area contributed by atoms with Crippen LogP contribution in [0.1, 0.15) is 12.0 Å². The van der Waals surface area contributed by atoms with Gasteiger partial charge in [-0.15, -0.1) is 0 Å². The van der Waals surface area contributed by atoms with Gasteiger partial charge in [0.15, 0.2) is 5.16 Å². The second-order valence-corrected chi connectivity index (χ2v) is 5.51. The monoisotopic (exact) mass is 294 g/mol. The number of carboxylic acids is 1. The predicted octanol–water partition coefficient (Wildman–Crippen LogP) is 2.56. The number of fused-ring (bicyclic) bond motifs is 1. The van der Waals surface area contributed by atoms with Crippen LogP contribution in [0.4, 0.5) is 0 Å². The number of nitrogens with zero attached hydrogens (tertiary/aromatic N) is 2. The summed E-state index contributed by atoms with van der Waals surface area (Å²) < 4.78 is 7.16. The highest BCUT2D eigenvalue weighted by molar-refractivity contribution is 7.99. The molecule has 5 nitrogen and oxygen atoms in total. The number of hydrogen-bond donors (Lipinski definition) is 1.